The van der Waals surface area contributed by atoms with Crippen LogP contribution in [0.25, 0.3) is 0 Å². The highest BCUT2D eigenvalue weighted by molar-refractivity contribution is 7.48. The first kappa shape index (κ1) is 97.8. The van der Waals surface area contributed by atoms with Gasteiger partial charge in [0.2, 0.25) is 29.5 Å². The molecule has 14 N–H and O–H groups in total. The molecule has 6 rings (SSSR count). The van der Waals surface area contributed by atoms with Gasteiger partial charge in [-0.25, -0.2) is 13.7 Å². The average molecular weight is 1680 g/mol. The number of hydrogen-bond acceptors (Lipinski definition) is 32. The lowest BCUT2D eigenvalue weighted by Crippen LogP contribution is -2.64. The Hall–Kier alpha value is -3.04. The summed E-state index contributed by atoms with van der Waals surface area (Å²) in [5.74, 6) is -1.80. The summed E-state index contributed by atoms with van der Waals surface area (Å²) in [5.41, 5.74) is -1.01. The van der Waals surface area contributed by atoms with Crippen molar-refractivity contribution in [1.82, 2.24) is 25.3 Å². The zero-order valence-electron chi connectivity index (χ0n) is 64.8. The Morgan fingerprint density at radius 2 is 0.768 bits per heavy atom. The molecule has 19 unspecified atom stereocenters. The minimum atomic E-state index is -4.57. The van der Waals surface area contributed by atoms with Crippen molar-refractivity contribution in [3.8, 4) is 0 Å². The third-order valence-electron chi connectivity index (χ3n) is 20.3. The topological polar surface area (TPSA) is 552 Å². The molecule has 6 saturated heterocycles. The van der Waals surface area contributed by atoms with Crippen LogP contribution >= 0.6 is 23.5 Å². The molecule has 652 valence electrons. The number of likely N-dealkylation sites (tertiary alicyclic amines) is 3. The molecule has 0 bridgehead atoms. The Kier molecular flexibility index (Phi) is 43.8. The highest BCUT2D eigenvalue weighted by Crippen LogP contribution is 2.48. The van der Waals surface area contributed by atoms with E-state index >= 15 is 0 Å². The van der Waals surface area contributed by atoms with Crippen LogP contribution in [-0.2, 0) is 107 Å². The molecule has 6 fully saturated rings. The molecule has 0 radical (unpaired) electrons. The quantitative estimate of drug-likeness (QED) is 0.0271. The van der Waals surface area contributed by atoms with Gasteiger partial charge >= 0.3 is 23.5 Å². The van der Waals surface area contributed by atoms with E-state index in [0.29, 0.717) is 64.5 Å². The van der Waals surface area contributed by atoms with Crippen LogP contribution in [0.3, 0.4) is 0 Å². The van der Waals surface area contributed by atoms with Crippen LogP contribution in [0.4, 0.5) is 0 Å². The molecule has 0 aromatic rings. The highest BCUT2D eigenvalue weighted by atomic mass is 31.2. The molecule has 0 saturated carbocycles. The third kappa shape index (κ3) is 33.6. The number of phosphoric ester groups is 3. The predicted octanol–water partition coefficient (Wildman–Crippen LogP) is -0.458. The lowest BCUT2D eigenvalue weighted by atomic mass is 9.90. The fraction of sp³-hybridized carbons (Fsp3) is 0.928. The van der Waals surface area contributed by atoms with Gasteiger partial charge < -0.3 is 129 Å². The van der Waals surface area contributed by atoms with Crippen LogP contribution in [0.2, 0.25) is 0 Å². The zero-order chi connectivity index (χ0) is 82.0. The van der Waals surface area contributed by atoms with Crippen molar-refractivity contribution in [2.24, 2.45) is 11.3 Å². The number of hydrogen-bond donors (Lipinski definition) is 14. The van der Waals surface area contributed by atoms with Gasteiger partial charge in [0.05, 0.1) is 108 Å². The van der Waals surface area contributed by atoms with Gasteiger partial charge in [-0.1, -0.05) is 19.8 Å². The van der Waals surface area contributed by atoms with Crippen LogP contribution in [0.1, 0.15) is 149 Å². The first-order valence-corrected chi connectivity index (χ1v) is 43.5. The number of amides is 5. The van der Waals surface area contributed by atoms with Crippen molar-refractivity contribution in [3.05, 3.63) is 0 Å². The van der Waals surface area contributed by atoms with Gasteiger partial charge in [-0.15, -0.1) is 0 Å². The zero-order valence-corrected chi connectivity index (χ0v) is 67.5. The van der Waals surface area contributed by atoms with Crippen molar-refractivity contribution >= 4 is 53.0 Å². The van der Waals surface area contributed by atoms with E-state index in [9.17, 15) is 98.3 Å². The number of carbonyl (C=O) groups excluding carboxylic acids is 5. The molecule has 5 amide bonds. The van der Waals surface area contributed by atoms with E-state index in [1.54, 1.807) is 21.6 Å². The monoisotopic (exact) mass is 1680 g/mol. The molecule has 0 aliphatic carbocycles. The largest absolute Gasteiger partial charge is 0.472 e. The number of aliphatic hydroxyl groups excluding tert-OH is 9. The summed E-state index contributed by atoms with van der Waals surface area (Å²) < 4.78 is 124. The SMILES string of the molecule is COCC(COCCCOP(=O)(O)OC1CCN(C(=O)CCCCCC2OC(CO)C(O)C(O)C2NC(C)=O)CC1)(COCCCOP(=O)(O)OC1CCN(C(=O)CCCCOC2OC(CO)C(O)C(O)C2C)CC1)COCCCOP(=O)(O)OC1CCN(C(=O)CCCCOC2OC(CO)C(O)C(O)C2NC(C)=O)CC1. The van der Waals surface area contributed by atoms with Crippen LogP contribution in [0.15, 0.2) is 0 Å². The number of nitrogens with zero attached hydrogens (tertiary/aromatic N) is 3. The summed E-state index contributed by atoms with van der Waals surface area (Å²) in [6, 6.07) is -1.97. The third-order valence-corrected chi connectivity index (χ3v) is 23.5. The Labute approximate surface area is 654 Å². The fourth-order valence-electron chi connectivity index (χ4n) is 14.0. The molecule has 19 atom stereocenters. The Morgan fingerprint density at radius 1 is 0.420 bits per heavy atom. The number of aliphatic hydroxyl groups is 9. The number of phosphoric acid groups is 3. The number of ether oxygens (including phenoxy) is 9. The second-order valence-electron chi connectivity index (χ2n) is 29.5. The van der Waals surface area contributed by atoms with E-state index < -0.39 is 170 Å². The van der Waals surface area contributed by atoms with Crippen LogP contribution in [0, 0.1) is 11.3 Å². The van der Waals surface area contributed by atoms with E-state index in [2.05, 4.69) is 10.6 Å². The van der Waals surface area contributed by atoms with Crippen molar-refractivity contribution in [2.45, 2.75) is 253 Å². The highest BCUT2D eigenvalue weighted by Gasteiger charge is 2.48. The lowest BCUT2D eigenvalue weighted by Gasteiger charge is -2.42. The van der Waals surface area contributed by atoms with E-state index in [0.717, 1.165) is 0 Å². The van der Waals surface area contributed by atoms with Gasteiger partial charge in [-0.3, -0.25) is 51.1 Å². The predicted molar refractivity (Wildman–Crippen MR) is 390 cm³/mol. The maximum absolute atomic E-state index is 13.1. The molecule has 112 heavy (non-hydrogen) atoms. The smallest absolute Gasteiger partial charge is 0.394 e. The van der Waals surface area contributed by atoms with Crippen molar-refractivity contribution < 1.29 is 168 Å². The van der Waals surface area contributed by atoms with Gasteiger partial charge in [0, 0.05) is 118 Å². The molecule has 6 aliphatic heterocycles. The number of methoxy groups -OCH3 is 1. The summed E-state index contributed by atoms with van der Waals surface area (Å²) in [6.45, 7) is 3.80. The van der Waals surface area contributed by atoms with Crippen molar-refractivity contribution in [2.75, 3.05) is 145 Å². The average Bonchev–Trinajstić information content (AvgIpc) is 0.779. The van der Waals surface area contributed by atoms with Crippen LogP contribution in [0.5, 0.6) is 0 Å². The van der Waals surface area contributed by atoms with Gasteiger partial charge in [0.15, 0.2) is 12.6 Å². The fourth-order valence-corrected chi connectivity index (χ4v) is 17.1. The molecular formula is C69H126N5O35P3. The number of piperidine rings is 3. The van der Waals surface area contributed by atoms with Crippen LogP contribution < -0.4 is 10.6 Å². The Balaban J connectivity index is 0.889. The van der Waals surface area contributed by atoms with Gasteiger partial charge in [-0.2, -0.15) is 0 Å². The summed E-state index contributed by atoms with van der Waals surface area (Å²) in [7, 11) is -12.2. The molecule has 6 aliphatic rings. The maximum Gasteiger partial charge on any atom is 0.472 e. The van der Waals surface area contributed by atoms with Crippen molar-refractivity contribution in [1.29, 1.82) is 0 Å². The summed E-state index contributed by atoms with van der Waals surface area (Å²) >= 11 is 0. The van der Waals surface area contributed by atoms with E-state index in [4.69, 9.17) is 69.8 Å². The van der Waals surface area contributed by atoms with E-state index in [1.165, 1.54) is 21.0 Å². The first-order valence-electron chi connectivity index (χ1n) is 39.0. The van der Waals surface area contributed by atoms with Crippen molar-refractivity contribution in [3.63, 3.8) is 0 Å². The number of carbonyl (C=O) groups is 5. The minimum Gasteiger partial charge on any atom is -0.394 e. The summed E-state index contributed by atoms with van der Waals surface area (Å²) in [6.07, 6.45) is -9.17. The Bertz CT molecular complexity index is 2780. The first-order chi connectivity index (χ1) is 53.3. The number of nitrogens with one attached hydrogen (secondary N) is 2. The molecule has 0 aromatic heterocycles. The van der Waals surface area contributed by atoms with E-state index in [-0.39, 0.29) is 200 Å². The molecule has 0 aromatic carbocycles. The number of unbranched alkanes of at least 4 members (excludes halogenated alkanes) is 4. The molecule has 0 spiro atoms. The number of rotatable bonds is 52. The normalized spacial score (nSPS) is 29.4. The molecule has 43 heteroatoms. The second kappa shape index (κ2) is 50.1. The van der Waals surface area contributed by atoms with Gasteiger partial charge in [-0.05, 0) is 96.3 Å². The second-order valence-corrected chi connectivity index (χ2v) is 33.7. The summed E-state index contributed by atoms with van der Waals surface area (Å²) in [5, 5.41) is 95.8. The van der Waals surface area contributed by atoms with Gasteiger partial charge in [0.1, 0.15) is 54.9 Å². The van der Waals surface area contributed by atoms with Crippen LogP contribution in [-0.4, -0.2) is 354 Å². The molecule has 40 nitrogen and oxygen atoms in total. The van der Waals surface area contributed by atoms with Gasteiger partial charge in [0.25, 0.3) is 0 Å². The minimum absolute atomic E-state index is 0.0176. The molecular weight excluding hydrogens is 1550 g/mol. The Morgan fingerprint density at radius 3 is 1.15 bits per heavy atom. The summed E-state index contributed by atoms with van der Waals surface area (Å²) in [4.78, 5) is 99.7. The van der Waals surface area contributed by atoms with E-state index in [1.807, 2.05) is 0 Å². The lowest BCUT2D eigenvalue weighted by molar-refractivity contribution is -0.282. The molecule has 6 heterocycles. The maximum atomic E-state index is 13.1. The standard InChI is InChI=1S/C69H126N5O35P3/c1-46-61(83)62(84)54(40-76)105-67(46)99-34-10-8-17-57(81)73-27-21-50(22-28-73)108-111(91,92)102-37-13-32-97-44-69(42-95-4,43-96-31-12-36-101-110(89,90)107-49-19-25-72(26-20-49)56(80)16-7-5-6-15-52-59(70-47(2)78)65(87)63(85)53(39-75)104-52)45-98-33-14-38-103-112(93,94)109-51-23-29-74(30-24-51)58(82)18-9-11-35-100-68-60(71-48(3)79)66(88)64(86)55(41-77)106-68/h46,49-55,59-68,75-77,83-88H,5-45H2,1-4H3,(H,70,78)(H,71,79)(H,89,90)(H,91,92)(H,93,94).